The SMILES string of the molecule is CCCn1ncc(OC)c1C1CCC1CNCC(C)C. The first kappa shape index (κ1) is 15.4. The van der Waals surface area contributed by atoms with Crippen LogP contribution in [0.4, 0.5) is 0 Å². The van der Waals surface area contributed by atoms with E-state index in [0.717, 1.165) is 37.7 Å². The third kappa shape index (κ3) is 3.35. The summed E-state index contributed by atoms with van der Waals surface area (Å²) in [5.74, 6) is 3.03. The van der Waals surface area contributed by atoms with Gasteiger partial charge in [0.05, 0.1) is 19.0 Å². The summed E-state index contributed by atoms with van der Waals surface area (Å²) >= 11 is 0. The van der Waals surface area contributed by atoms with Crippen molar-refractivity contribution in [3.63, 3.8) is 0 Å². The topological polar surface area (TPSA) is 39.1 Å². The Morgan fingerprint density at radius 1 is 1.45 bits per heavy atom. The highest BCUT2D eigenvalue weighted by molar-refractivity contribution is 5.31. The van der Waals surface area contributed by atoms with Crippen molar-refractivity contribution in [2.75, 3.05) is 20.2 Å². The van der Waals surface area contributed by atoms with Crippen LogP contribution in [0.15, 0.2) is 6.20 Å². The fourth-order valence-electron chi connectivity index (χ4n) is 3.03. The average molecular weight is 279 g/mol. The Morgan fingerprint density at radius 2 is 2.25 bits per heavy atom. The van der Waals surface area contributed by atoms with Crippen molar-refractivity contribution in [2.24, 2.45) is 11.8 Å². The lowest BCUT2D eigenvalue weighted by Crippen LogP contribution is -2.36. The highest BCUT2D eigenvalue weighted by atomic mass is 16.5. The number of nitrogens with zero attached hydrogens (tertiary/aromatic N) is 2. The summed E-state index contributed by atoms with van der Waals surface area (Å²) in [7, 11) is 1.75. The summed E-state index contributed by atoms with van der Waals surface area (Å²) in [5, 5.41) is 8.09. The van der Waals surface area contributed by atoms with Gasteiger partial charge in [0.2, 0.25) is 0 Å². The monoisotopic (exact) mass is 279 g/mol. The molecular weight excluding hydrogens is 250 g/mol. The molecule has 1 aromatic rings. The molecule has 0 radical (unpaired) electrons. The maximum atomic E-state index is 5.52. The van der Waals surface area contributed by atoms with E-state index in [1.54, 1.807) is 7.11 Å². The van der Waals surface area contributed by atoms with Crippen LogP contribution in [-0.4, -0.2) is 30.0 Å². The van der Waals surface area contributed by atoms with Crippen molar-refractivity contribution in [3.05, 3.63) is 11.9 Å². The van der Waals surface area contributed by atoms with E-state index in [0.29, 0.717) is 11.8 Å². The van der Waals surface area contributed by atoms with Crippen molar-refractivity contribution in [1.29, 1.82) is 0 Å². The number of ether oxygens (including phenoxy) is 1. The zero-order valence-electron chi connectivity index (χ0n) is 13.4. The van der Waals surface area contributed by atoms with Gasteiger partial charge < -0.3 is 10.1 Å². The molecule has 0 spiro atoms. The van der Waals surface area contributed by atoms with Gasteiger partial charge in [0, 0.05) is 12.5 Å². The summed E-state index contributed by atoms with van der Waals surface area (Å²) in [6.07, 6.45) is 5.57. The van der Waals surface area contributed by atoms with Gasteiger partial charge in [-0.15, -0.1) is 0 Å². The van der Waals surface area contributed by atoms with Crippen LogP contribution < -0.4 is 10.1 Å². The van der Waals surface area contributed by atoms with Crippen molar-refractivity contribution >= 4 is 0 Å². The Morgan fingerprint density at radius 3 is 2.80 bits per heavy atom. The van der Waals surface area contributed by atoms with Crippen molar-refractivity contribution in [3.8, 4) is 5.75 Å². The molecule has 1 N–H and O–H groups in total. The molecule has 0 amide bonds. The maximum Gasteiger partial charge on any atom is 0.160 e. The molecule has 20 heavy (non-hydrogen) atoms. The van der Waals surface area contributed by atoms with Crippen LogP contribution >= 0.6 is 0 Å². The van der Waals surface area contributed by atoms with E-state index in [-0.39, 0.29) is 0 Å². The molecule has 0 saturated heterocycles. The third-order valence-corrected chi connectivity index (χ3v) is 4.23. The van der Waals surface area contributed by atoms with E-state index in [4.69, 9.17) is 4.74 Å². The zero-order valence-corrected chi connectivity index (χ0v) is 13.4. The van der Waals surface area contributed by atoms with Crippen LogP contribution in [0.1, 0.15) is 51.6 Å². The second kappa shape index (κ2) is 7.11. The molecule has 114 valence electrons. The maximum absolute atomic E-state index is 5.52. The lowest BCUT2D eigenvalue weighted by Gasteiger charge is -2.37. The van der Waals surface area contributed by atoms with Crippen molar-refractivity contribution < 1.29 is 4.74 Å². The minimum absolute atomic E-state index is 0.610. The highest BCUT2D eigenvalue weighted by Gasteiger charge is 2.36. The second-order valence-electron chi connectivity index (χ2n) is 6.32. The molecular formula is C16H29N3O. The van der Waals surface area contributed by atoms with Gasteiger partial charge in [-0.05, 0) is 44.2 Å². The fraction of sp³-hybridized carbons (Fsp3) is 0.812. The first-order chi connectivity index (χ1) is 9.67. The molecule has 0 aliphatic heterocycles. The van der Waals surface area contributed by atoms with Gasteiger partial charge >= 0.3 is 0 Å². The molecule has 2 rings (SSSR count). The lowest BCUT2D eigenvalue weighted by molar-refractivity contribution is 0.225. The van der Waals surface area contributed by atoms with E-state index >= 15 is 0 Å². The molecule has 2 unspecified atom stereocenters. The van der Waals surface area contributed by atoms with Crippen LogP contribution in [0.2, 0.25) is 0 Å². The van der Waals surface area contributed by atoms with E-state index in [1.807, 2.05) is 6.20 Å². The van der Waals surface area contributed by atoms with Crippen LogP contribution in [0, 0.1) is 11.8 Å². The van der Waals surface area contributed by atoms with Gasteiger partial charge in [-0.25, -0.2) is 0 Å². The molecule has 2 atom stereocenters. The largest absolute Gasteiger partial charge is 0.493 e. The summed E-state index contributed by atoms with van der Waals surface area (Å²) in [6, 6.07) is 0. The molecule has 0 aromatic carbocycles. The van der Waals surface area contributed by atoms with Crippen LogP contribution in [0.25, 0.3) is 0 Å². The predicted octanol–water partition coefficient (Wildman–Crippen LogP) is 3.04. The molecule has 0 bridgehead atoms. The Kier molecular flexibility index (Phi) is 5.46. The number of rotatable bonds is 8. The Balaban J connectivity index is 2.01. The molecule has 4 heteroatoms. The Bertz CT molecular complexity index is 414. The first-order valence-electron chi connectivity index (χ1n) is 7.97. The minimum Gasteiger partial charge on any atom is -0.493 e. The smallest absolute Gasteiger partial charge is 0.160 e. The first-order valence-corrected chi connectivity index (χ1v) is 7.97. The Labute approximate surface area is 122 Å². The van der Waals surface area contributed by atoms with Gasteiger partial charge in [0.15, 0.2) is 5.75 Å². The summed E-state index contributed by atoms with van der Waals surface area (Å²) in [5.41, 5.74) is 1.32. The van der Waals surface area contributed by atoms with Crippen LogP contribution in [-0.2, 0) is 6.54 Å². The molecule has 1 aromatic heterocycles. The molecule has 1 aliphatic carbocycles. The molecule has 1 heterocycles. The van der Waals surface area contributed by atoms with Crippen molar-refractivity contribution in [1.82, 2.24) is 15.1 Å². The normalized spacial score (nSPS) is 22.1. The quantitative estimate of drug-likeness (QED) is 0.795. The number of nitrogens with one attached hydrogen (secondary N) is 1. The van der Waals surface area contributed by atoms with Gasteiger partial charge in [0.1, 0.15) is 0 Å². The second-order valence-corrected chi connectivity index (χ2v) is 6.32. The number of aromatic nitrogens is 2. The molecule has 1 aliphatic rings. The van der Waals surface area contributed by atoms with Gasteiger partial charge in [-0.1, -0.05) is 20.8 Å². The fourth-order valence-corrected chi connectivity index (χ4v) is 3.03. The predicted molar refractivity (Wildman–Crippen MR) is 82.2 cm³/mol. The highest BCUT2D eigenvalue weighted by Crippen LogP contribution is 2.45. The lowest BCUT2D eigenvalue weighted by atomic mass is 9.71. The molecule has 4 nitrogen and oxygen atoms in total. The van der Waals surface area contributed by atoms with Crippen LogP contribution in [0.3, 0.4) is 0 Å². The standard InChI is InChI=1S/C16H29N3O/c1-5-8-19-16(15(20-4)11-18-19)14-7-6-13(14)10-17-9-12(2)3/h11-14,17H,5-10H2,1-4H3. The van der Waals surface area contributed by atoms with E-state index in [9.17, 15) is 0 Å². The average Bonchev–Trinajstić information content (AvgIpc) is 2.77. The zero-order chi connectivity index (χ0) is 14.5. The third-order valence-electron chi connectivity index (χ3n) is 4.23. The van der Waals surface area contributed by atoms with E-state index in [2.05, 4.69) is 35.9 Å². The number of aryl methyl sites for hydroxylation is 1. The summed E-state index contributed by atoms with van der Waals surface area (Å²) in [6.45, 7) is 9.91. The van der Waals surface area contributed by atoms with Gasteiger partial charge in [-0.2, -0.15) is 5.10 Å². The van der Waals surface area contributed by atoms with E-state index in [1.165, 1.54) is 18.5 Å². The minimum atomic E-state index is 0.610. The summed E-state index contributed by atoms with van der Waals surface area (Å²) in [4.78, 5) is 0. The number of hydrogen-bond acceptors (Lipinski definition) is 3. The molecule has 1 saturated carbocycles. The Hall–Kier alpha value is -1.03. The number of methoxy groups -OCH3 is 1. The van der Waals surface area contributed by atoms with E-state index < -0.39 is 0 Å². The number of hydrogen-bond donors (Lipinski definition) is 1. The summed E-state index contributed by atoms with van der Waals surface area (Å²) < 4.78 is 7.67. The van der Waals surface area contributed by atoms with Gasteiger partial charge in [0.25, 0.3) is 0 Å². The van der Waals surface area contributed by atoms with Crippen molar-refractivity contribution in [2.45, 2.75) is 52.5 Å². The van der Waals surface area contributed by atoms with Crippen LogP contribution in [0.5, 0.6) is 5.75 Å². The van der Waals surface area contributed by atoms with Gasteiger partial charge in [-0.3, -0.25) is 4.68 Å². The molecule has 1 fully saturated rings.